The van der Waals surface area contributed by atoms with Crippen molar-refractivity contribution in [3.8, 4) is 0 Å². The van der Waals surface area contributed by atoms with Gasteiger partial charge in [0.1, 0.15) is 6.04 Å². The highest BCUT2D eigenvalue weighted by Gasteiger charge is 2.23. The van der Waals surface area contributed by atoms with Crippen LogP contribution in [0.5, 0.6) is 0 Å². The van der Waals surface area contributed by atoms with Crippen LogP contribution in [0.1, 0.15) is 43.1 Å². The minimum atomic E-state index is -0.644. The Balaban J connectivity index is 2.74. The van der Waals surface area contributed by atoms with E-state index in [1.807, 2.05) is 39.8 Å². The molecule has 1 aromatic carbocycles. The molecule has 1 rings (SSSR count). The molecule has 24 heavy (non-hydrogen) atoms. The highest BCUT2D eigenvalue weighted by Crippen LogP contribution is 2.10. The van der Waals surface area contributed by atoms with Crippen LogP contribution in [-0.2, 0) is 4.79 Å². The molecule has 1 atom stereocenters. The van der Waals surface area contributed by atoms with Crippen molar-refractivity contribution >= 4 is 29.1 Å². The van der Waals surface area contributed by atoms with Crippen LogP contribution >= 0.6 is 12.2 Å². The van der Waals surface area contributed by atoms with Gasteiger partial charge < -0.3 is 10.6 Å². The summed E-state index contributed by atoms with van der Waals surface area (Å²) in [6.07, 6.45) is 0.527. The third-order valence-corrected chi connectivity index (χ3v) is 3.60. The van der Waals surface area contributed by atoms with Crippen LogP contribution in [0.15, 0.2) is 24.3 Å². The first-order valence-corrected chi connectivity index (χ1v) is 8.46. The summed E-state index contributed by atoms with van der Waals surface area (Å²) < 4.78 is 0. The van der Waals surface area contributed by atoms with Gasteiger partial charge >= 0.3 is 0 Å². The van der Waals surface area contributed by atoms with E-state index in [1.54, 1.807) is 12.1 Å². The fourth-order valence-electron chi connectivity index (χ4n) is 2.18. The lowest BCUT2D eigenvalue weighted by molar-refractivity contribution is -0.123. The molecule has 6 nitrogen and oxygen atoms in total. The van der Waals surface area contributed by atoms with Crippen LogP contribution in [0.25, 0.3) is 0 Å². The molecular weight excluding hydrogens is 324 g/mol. The van der Waals surface area contributed by atoms with Gasteiger partial charge in [-0.2, -0.15) is 0 Å². The molecule has 0 saturated heterocycles. The monoisotopic (exact) mass is 350 g/mol. The topological polar surface area (TPSA) is 82.3 Å². The van der Waals surface area contributed by atoms with Crippen LogP contribution in [-0.4, -0.2) is 29.5 Å². The standard InChI is InChI=1S/C17H26N4O2S/c1-5-18-17(24)21-20-16(23)14(10-11(2)3)19-15(22)13-9-7-6-8-12(13)4/h6-9,11,14H,5,10H2,1-4H3,(H,19,22)(H,20,23)(H2,18,21,24). The Labute approximate surface area is 148 Å². The Hall–Kier alpha value is -2.15. The van der Waals surface area contributed by atoms with Gasteiger partial charge in [-0.25, -0.2) is 0 Å². The average Bonchev–Trinajstić information content (AvgIpc) is 2.52. The SMILES string of the molecule is CCNC(=S)NNC(=O)C(CC(C)C)NC(=O)c1ccccc1C. The summed E-state index contributed by atoms with van der Waals surface area (Å²) in [7, 11) is 0. The van der Waals surface area contributed by atoms with Crippen LogP contribution in [0.3, 0.4) is 0 Å². The largest absolute Gasteiger partial charge is 0.362 e. The first-order valence-electron chi connectivity index (χ1n) is 8.05. The Kier molecular flexibility index (Phi) is 8.18. The lowest BCUT2D eigenvalue weighted by Crippen LogP contribution is -2.54. The number of carbonyl (C=O) groups is 2. The van der Waals surface area contributed by atoms with Crippen molar-refractivity contribution in [1.29, 1.82) is 0 Å². The number of hydrogen-bond donors (Lipinski definition) is 4. The summed E-state index contributed by atoms with van der Waals surface area (Å²) in [5, 5.41) is 6.01. The van der Waals surface area contributed by atoms with Gasteiger partial charge in [0.15, 0.2) is 5.11 Å². The number of amides is 2. The van der Waals surface area contributed by atoms with Gasteiger partial charge in [0, 0.05) is 12.1 Å². The normalized spacial score (nSPS) is 11.5. The molecule has 132 valence electrons. The minimum Gasteiger partial charge on any atom is -0.362 e. The summed E-state index contributed by atoms with van der Waals surface area (Å²) in [5.74, 6) is -0.340. The molecule has 1 unspecified atom stereocenters. The predicted molar refractivity (Wildman–Crippen MR) is 99.4 cm³/mol. The van der Waals surface area contributed by atoms with Crippen LogP contribution in [0, 0.1) is 12.8 Å². The summed E-state index contributed by atoms with van der Waals surface area (Å²) in [5.41, 5.74) is 6.60. The second kappa shape index (κ2) is 9.87. The van der Waals surface area contributed by atoms with Gasteiger partial charge in [-0.15, -0.1) is 0 Å². The fourth-order valence-corrected chi connectivity index (χ4v) is 2.37. The van der Waals surface area contributed by atoms with E-state index < -0.39 is 6.04 Å². The molecule has 4 N–H and O–H groups in total. The molecule has 0 bridgehead atoms. The van der Waals surface area contributed by atoms with E-state index in [2.05, 4.69) is 21.5 Å². The minimum absolute atomic E-state index is 0.249. The molecule has 0 aliphatic heterocycles. The van der Waals surface area contributed by atoms with E-state index in [0.29, 0.717) is 23.6 Å². The Morgan fingerprint density at radius 2 is 1.83 bits per heavy atom. The molecule has 0 aromatic heterocycles. The fraction of sp³-hybridized carbons (Fsp3) is 0.471. The summed E-state index contributed by atoms with van der Waals surface area (Å²) in [6, 6.07) is 6.64. The predicted octanol–water partition coefficient (Wildman–Crippen LogP) is 1.65. The zero-order chi connectivity index (χ0) is 18.1. The van der Waals surface area contributed by atoms with Crippen molar-refractivity contribution in [2.75, 3.05) is 6.54 Å². The number of hydrazine groups is 1. The van der Waals surface area contributed by atoms with Crippen LogP contribution < -0.4 is 21.5 Å². The van der Waals surface area contributed by atoms with E-state index in [0.717, 1.165) is 5.56 Å². The van der Waals surface area contributed by atoms with E-state index in [9.17, 15) is 9.59 Å². The molecule has 0 radical (unpaired) electrons. The Morgan fingerprint density at radius 1 is 1.17 bits per heavy atom. The quantitative estimate of drug-likeness (QED) is 0.463. The van der Waals surface area contributed by atoms with Crippen LogP contribution in [0.2, 0.25) is 0 Å². The maximum atomic E-state index is 12.5. The molecule has 2 amide bonds. The van der Waals surface area contributed by atoms with Gasteiger partial charge in [0.25, 0.3) is 11.8 Å². The van der Waals surface area contributed by atoms with Gasteiger partial charge in [-0.05, 0) is 50.0 Å². The second-order valence-electron chi connectivity index (χ2n) is 5.94. The maximum Gasteiger partial charge on any atom is 0.260 e. The van der Waals surface area contributed by atoms with Crippen molar-refractivity contribution in [3.05, 3.63) is 35.4 Å². The van der Waals surface area contributed by atoms with Crippen molar-refractivity contribution < 1.29 is 9.59 Å². The number of rotatable bonds is 6. The number of benzene rings is 1. The molecule has 0 spiro atoms. The molecule has 7 heteroatoms. The van der Waals surface area contributed by atoms with Crippen molar-refractivity contribution in [3.63, 3.8) is 0 Å². The number of hydrogen-bond acceptors (Lipinski definition) is 3. The zero-order valence-electron chi connectivity index (χ0n) is 14.6. The van der Waals surface area contributed by atoms with E-state index >= 15 is 0 Å². The first-order chi connectivity index (χ1) is 11.3. The van der Waals surface area contributed by atoms with Gasteiger partial charge in [-0.1, -0.05) is 32.0 Å². The molecular formula is C17H26N4O2S. The number of carbonyl (C=O) groups excluding carboxylic acids is 2. The van der Waals surface area contributed by atoms with Crippen molar-refractivity contribution in [2.24, 2.45) is 5.92 Å². The van der Waals surface area contributed by atoms with Crippen molar-refractivity contribution in [1.82, 2.24) is 21.5 Å². The van der Waals surface area contributed by atoms with Crippen molar-refractivity contribution in [2.45, 2.75) is 40.2 Å². The number of aryl methyl sites for hydroxylation is 1. The lowest BCUT2D eigenvalue weighted by Gasteiger charge is -2.21. The highest BCUT2D eigenvalue weighted by molar-refractivity contribution is 7.80. The summed E-state index contributed by atoms with van der Waals surface area (Å²) in [6.45, 7) is 8.41. The molecule has 0 saturated carbocycles. The Morgan fingerprint density at radius 3 is 2.42 bits per heavy atom. The lowest BCUT2D eigenvalue weighted by atomic mass is 10.0. The van der Waals surface area contributed by atoms with E-state index in [4.69, 9.17) is 12.2 Å². The third kappa shape index (κ3) is 6.54. The van der Waals surface area contributed by atoms with Gasteiger partial charge in [-0.3, -0.25) is 20.4 Å². The number of thiocarbonyl (C=S) groups is 1. The van der Waals surface area contributed by atoms with E-state index in [1.165, 1.54) is 0 Å². The third-order valence-electron chi connectivity index (χ3n) is 3.36. The number of nitrogens with one attached hydrogen (secondary N) is 4. The Bertz CT molecular complexity index is 590. The average molecular weight is 350 g/mol. The molecule has 0 heterocycles. The molecule has 1 aromatic rings. The summed E-state index contributed by atoms with van der Waals surface area (Å²) in [4.78, 5) is 24.8. The highest BCUT2D eigenvalue weighted by atomic mass is 32.1. The first kappa shape index (κ1) is 19.9. The molecule has 0 aliphatic carbocycles. The second-order valence-corrected chi connectivity index (χ2v) is 6.35. The maximum absolute atomic E-state index is 12.5. The molecule has 0 aliphatic rings. The summed E-state index contributed by atoms with van der Waals surface area (Å²) >= 11 is 5.00. The van der Waals surface area contributed by atoms with Gasteiger partial charge in [0.05, 0.1) is 0 Å². The smallest absolute Gasteiger partial charge is 0.260 e. The molecule has 0 fully saturated rings. The van der Waals surface area contributed by atoms with E-state index in [-0.39, 0.29) is 17.7 Å². The zero-order valence-corrected chi connectivity index (χ0v) is 15.4. The van der Waals surface area contributed by atoms with Gasteiger partial charge in [0.2, 0.25) is 0 Å². The van der Waals surface area contributed by atoms with Crippen LogP contribution in [0.4, 0.5) is 0 Å².